The average Bonchev–Trinajstić information content (AvgIpc) is 3.19. The Bertz CT molecular complexity index is 1250. The van der Waals surface area contributed by atoms with Gasteiger partial charge in [-0.3, -0.25) is 9.59 Å². The fourth-order valence-electron chi connectivity index (χ4n) is 3.23. The van der Waals surface area contributed by atoms with Gasteiger partial charge in [-0.25, -0.2) is 14.3 Å². The molecule has 0 atom stereocenters. The molecule has 1 aliphatic rings. The van der Waals surface area contributed by atoms with Crippen molar-refractivity contribution >= 4 is 11.6 Å². The first-order chi connectivity index (χ1) is 14.5. The number of fused-ring (bicyclic) bond motifs is 1. The molecule has 10 nitrogen and oxygen atoms in total. The van der Waals surface area contributed by atoms with Crippen LogP contribution in [0, 0.1) is 0 Å². The third-order valence-corrected chi connectivity index (χ3v) is 4.57. The quantitative estimate of drug-likeness (QED) is 0.660. The number of amides is 1. The smallest absolute Gasteiger partial charge is 0.352 e. The number of hydrogen-bond donors (Lipinski definition) is 1. The van der Waals surface area contributed by atoms with Crippen molar-refractivity contribution in [3.05, 3.63) is 68.5 Å². The number of methoxy groups -OCH3 is 1. The number of carbonyl (C=O) groups excluding carboxylic acids is 1. The van der Waals surface area contributed by atoms with Crippen LogP contribution in [0.4, 0.5) is 5.69 Å². The number of anilines is 1. The summed E-state index contributed by atoms with van der Waals surface area (Å²) in [6.45, 7) is 1.95. The van der Waals surface area contributed by atoms with E-state index < -0.39 is 11.2 Å². The van der Waals surface area contributed by atoms with E-state index in [4.69, 9.17) is 9.47 Å². The lowest BCUT2D eigenvalue weighted by atomic mass is 10.1. The number of benzene rings is 1. The maximum Gasteiger partial charge on any atom is 0.352 e. The molecule has 4 rings (SSSR count). The molecule has 0 radical (unpaired) electrons. The minimum absolute atomic E-state index is 0.00220. The van der Waals surface area contributed by atoms with Gasteiger partial charge < -0.3 is 14.8 Å². The monoisotopic (exact) mass is 409 g/mol. The van der Waals surface area contributed by atoms with Gasteiger partial charge in [-0.1, -0.05) is 6.07 Å². The second-order valence-electron chi connectivity index (χ2n) is 6.73. The predicted octanol–water partition coefficient (Wildman–Crippen LogP) is 0.739. The van der Waals surface area contributed by atoms with E-state index in [1.54, 1.807) is 30.5 Å². The van der Waals surface area contributed by atoms with Crippen molar-refractivity contribution in [3.63, 3.8) is 0 Å². The summed E-state index contributed by atoms with van der Waals surface area (Å²) in [5.74, 6) is 0.102. The Morgan fingerprint density at radius 1 is 1.30 bits per heavy atom. The zero-order chi connectivity index (χ0) is 21.3. The second kappa shape index (κ2) is 7.82. The number of pyridine rings is 1. The van der Waals surface area contributed by atoms with E-state index in [-0.39, 0.29) is 18.3 Å². The molecule has 1 aliphatic heterocycles. The average molecular weight is 409 g/mol. The Morgan fingerprint density at radius 3 is 2.90 bits per heavy atom. The number of rotatable bonds is 5. The number of nitrogens with zero attached hydrogens (tertiary/aromatic N) is 4. The minimum atomic E-state index is -0.645. The van der Waals surface area contributed by atoms with Crippen LogP contribution in [0.3, 0.4) is 0 Å². The summed E-state index contributed by atoms with van der Waals surface area (Å²) in [5.41, 5.74) is 1.20. The molecule has 1 aromatic carbocycles. The van der Waals surface area contributed by atoms with Crippen molar-refractivity contribution in [2.45, 2.75) is 19.9 Å². The van der Waals surface area contributed by atoms with Crippen LogP contribution in [0.15, 0.2) is 46.1 Å². The summed E-state index contributed by atoms with van der Waals surface area (Å²) >= 11 is 0. The number of hydrogen-bond acceptors (Lipinski definition) is 7. The molecule has 0 saturated carbocycles. The van der Waals surface area contributed by atoms with Crippen molar-refractivity contribution in [2.75, 3.05) is 19.0 Å². The highest BCUT2D eigenvalue weighted by Gasteiger charge is 2.18. The Kier molecular flexibility index (Phi) is 5.05. The van der Waals surface area contributed by atoms with Crippen LogP contribution in [0.5, 0.6) is 11.8 Å². The van der Waals surface area contributed by atoms with Gasteiger partial charge in [0.25, 0.3) is 5.88 Å². The van der Waals surface area contributed by atoms with Gasteiger partial charge in [0.1, 0.15) is 0 Å². The number of nitrogens with one attached hydrogen (secondary N) is 1. The van der Waals surface area contributed by atoms with Gasteiger partial charge in [-0.2, -0.15) is 4.68 Å². The Hall–Kier alpha value is -3.95. The molecule has 0 saturated heterocycles. The fourth-order valence-corrected chi connectivity index (χ4v) is 3.23. The first-order valence-corrected chi connectivity index (χ1v) is 9.23. The maximum atomic E-state index is 13.1. The van der Waals surface area contributed by atoms with Gasteiger partial charge in [0.2, 0.25) is 11.8 Å². The van der Waals surface area contributed by atoms with Crippen LogP contribution in [-0.4, -0.2) is 39.0 Å². The molecule has 0 aliphatic carbocycles. The summed E-state index contributed by atoms with van der Waals surface area (Å²) in [6, 6.07) is 8.44. The molecule has 2 aromatic heterocycles. The van der Waals surface area contributed by atoms with Crippen LogP contribution in [-0.2, 0) is 17.8 Å². The Morgan fingerprint density at radius 2 is 2.13 bits per heavy atom. The Balaban J connectivity index is 1.79. The number of ether oxygens (including phenoxy) is 2. The van der Waals surface area contributed by atoms with E-state index >= 15 is 0 Å². The lowest BCUT2D eigenvalue weighted by Gasteiger charge is -2.12. The molecule has 0 unspecified atom stereocenters. The molecular formula is C20H19N5O5. The van der Waals surface area contributed by atoms with Gasteiger partial charge in [0.15, 0.2) is 0 Å². The summed E-state index contributed by atoms with van der Waals surface area (Å²) in [7, 11) is 1.31. The van der Waals surface area contributed by atoms with Gasteiger partial charge in [-0.05, 0) is 29.8 Å². The van der Waals surface area contributed by atoms with Crippen molar-refractivity contribution in [1.82, 2.24) is 19.3 Å². The van der Waals surface area contributed by atoms with Crippen molar-refractivity contribution < 1.29 is 14.3 Å². The molecule has 0 bridgehead atoms. The molecular weight excluding hydrogens is 390 g/mol. The molecule has 3 aromatic rings. The lowest BCUT2D eigenvalue weighted by molar-refractivity contribution is -0.114. The molecule has 30 heavy (non-hydrogen) atoms. The summed E-state index contributed by atoms with van der Waals surface area (Å²) in [6.07, 6.45) is 2.30. The van der Waals surface area contributed by atoms with Crippen LogP contribution >= 0.6 is 0 Å². The normalized spacial score (nSPS) is 12.2. The SMILES string of the molecule is COc1nn(-c2cccc(NC(C)=O)c2)c(=O)n(Cc2cnc3c(c2)CCO3)c1=O. The first kappa shape index (κ1) is 19.4. The van der Waals surface area contributed by atoms with E-state index in [0.717, 1.165) is 21.2 Å². The van der Waals surface area contributed by atoms with Gasteiger partial charge in [-0.15, -0.1) is 5.10 Å². The van der Waals surface area contributed by atoms with Gasteiger partial charge in [0, 0.05) is 30.8 Å². The third kappa shape index (κ3) is 3.66. The van der Waals surface area contributed by atoms with Crippen LogP contribution in [0.25, 0.3) is 5.69 Å². The molecule has 154 valence electrons. The summed E-state index contributed by atoms with van der Waals surface area (Å²) < 4.78 is 12.6. The standard InChI is InChI=1S/C20H19N5O5/c1-12(26)22-15-4-3-5-16(9-15)25-20(28)24(19(27)18(23-25)29-2)11-13-8-14-6-7-30-17(14)21-10-13/h3-5,8-10H,6-7,11H2,1-2H3,(H,22,26). The minimum Gasteiger partial charge on any atom is -0.477 e. The van der Waals surface area contributed by atoms with Gasteiger partial charge in [0.05, 0.1) is 25.9 Å². The van der Waals surface area contributed by atoms with Gasteiger partial charge >= 0.3 is 11.2 Å². The van der Waals surface area contributed by atoms with E-state index in [2.05, 4.69) is 15.4 Å². The Labute approximate surface area is 170 Å². The summed E-state index contributed by atoms with van der Waals surface area (Å²) in [5, 5.41) is 6.69. The van der Waals surface area contributed by atoms with Crippen LogP contribution in [0.2, 0.25) is 0 Å². The molecule has 3 heterocycles. The van der Waals surface area contributed by atoms with Crippen molar-refractivity contribution in [2.24, 2.45) is 0 Å². The van der Waals surface area contributed by atoms with E-state index in [1.807, 2.05) is 6.07 Å². The largest absolute Gasteiger partial charge is 0.477 e. The highest BCUT2D eigenvalue weighted by atomic mass is 16.5. The number of aromatic nitrogens is 4. The topological polar surface area (TPSA) is 117 Å². The zero-order valence-electron chi connectivity index (χ0n) is 16.4. The molecule has 1 amide bonds. The fraction of sp³-hybridized carbons (Fsp3) is 0.250. The van der Waals surface area contributed by atoms with Crippen LogP contribution in [0.1, 0.15) is 18.1 Å². The molecule has 10 heteroatoms. The zero-order valence-corrected chi connectivity index (χ0v) is 16.4. The van der Waals surface area contributed by atoms with E-state index in [1.165, 1.54) is 14.0 Å². The third-order valence-electron chi connectivity index (χ3n) is 4.57. The molecule has 0 fully saturated rings. The summed E-state index contributed by atoms with van der Waals surface area (Å²) in [4.78, 5) is 41.4. The first-order valence-electron chi connectivity index (χ1n) is 9.23. The molecule has 0 spiro atoms. The van der Waals surface area contributed by atoms with E-state index in [9.17, 15) is 14.4 Å². The highest BCUT2D eigenvalue weighted by molar-refractivity contribution is 5.88. The lowest BCUT2D eigenvalue weighted by Crippen LogP contribution is -2.41. The molecule has 1 N–H and O–H groups in total. The van der Waals surface area contributed by atoms with Crippen molar-refractivity contribution in [3.8, 4) is 17.4 Å². The van der Waals surface area contributed by atoms with E-state index in [0.29, 0.717) is 29.4 Å². The second-order valence-corrected chi connectivity index (χ2v) is 6.73. The number of carbonyl (C=O) groups is 1. The van der Waals surface area contributed by atoms with Crippen LogP contribution < -0.4 is 26.0 Å². The maximum absolute atomic E-state index is 13.1. The van der Waals surface area contributed by atoms with Crippen molar-refractivity contribution in [1.29, 1.82) is 0 Å². The highest BCUT2D eigenvalue weighted by Crippen LogP contribution is 2.23. The predicted molar refractivity (Wildman–Crippen MR) is 107 cm³/mol.